The van der Waals surface area contributed by atoms with Gasteiger partial charge in [0.1, 0.15) is 0 Å². The lowest BCUT2D eigenvalue weighted by Gasteiger charge is -1.94. The van der Waals surface area contributed by atoms with Gasteiger partial charge in [-0.2, -0.15) is 12.6 Å². The minimum Gasteiger partial charge on any atom is -0.179 e. The molecule has 0 bridgehead atoms. The Kier molecular flexibility index (Phi) is 2.90. The van der Waals surface area contributed by atoms with Crippen molar-refractivity contribution in [3.63, 3.8) is 0 Å². The maximum Gasteiger partial charge on any atom is -0.00979 e. The molecule has 0 heterocycles. The molecule has 0 nitrogen and oxygen atoms in total. The normalized spacial score (nSPS) is 32.7. The standard InChI is InChI=1S/C8H16S/c1-7-6-8(7)4-2-3-5-9/h7-9H,2-6H2,1H3. The van der Waals surface area contributed by atoms with Crippen LogP contribution in [0.25, 0.3) is 0 Å². The summed E-state index contributed by atoms with van der Waals surface area (Å²) in [5.41, 5.74) is 0. The van der Waals surface area contributed by atoms with Gasteiger partial charge in [0, 0.05) is 0 Å². The molecule has 1 rings (SSSR count). The molecule has 1 fully saturated rings. The lowest BCUT2D eigenvalue weighted by Crippen LogP contribution is -1.81. The molecule has 0 radical (unpaired) electrons. The first kappa shape index (κ1) is 7.46. The Labute approximate surface area is 63.4 Å². The summed E-state index contributed by atoms with van der Waals surface area (Å²) >= 11 is 4.17. The van der Waals surface area contributed by atoms with Crippen LogP contribution in [0.15, 0.2) is 0 Å². The average Bonchev–Trinajstić information content (AvgIpc) is 2.48. The molecule has 9 heavy (non-hydrogen) atoms. The van der Waals surface area contributed by atoms with Gasteiger partial charge in [0.15, 0.2) is 0 Å². The Morgan fingerprint density at radius 1 is 1.44 bits per heavy atom. The molecule has 0 aromatic heterocycles. The molecule has 2 atom stereocenters. The van der Waals surface area contributed by atoms with Gasteiger partial charge >= 0.3 is 0 Å². The maximum absolute atomic E-state index is 4.17. The molecule has 0 saturated heterocycles. The van der Waals surface area contributed by atoms with Crippen LogP contribution >= 0.6 is 12.6 Å². The van der Waals surface area contributed by atoms with Gasteiger partial charge in [0.25, 0.3) is 0 Å². The van der Waals surface area contributed by atoms with Crippen LogP contribution in [0.2, 0.25) is 0 Å². The number of unbranched alkanes of at least 4 members (excludes halogenated alkanes) is 1. The molecule has 0 amide bonds. The number of thiol groups is 1. The van der Waals surface area contributed by atoms with Crippen LogP contribution in [0.4, 0.5) is 0 Å². The molecule has 0 N–H and O–H groups in total. The zero-order valence-electron chi connectivity index (χ0n) is 6.14. The Morgan fingerprint density at radius 3 is 2.56 bits per heavy atom. The summed E-state index contributed by atoms with van der Waals surface area (Å²) in [5, 5.41) is 0. The van der Waals surface area contributed by atoms with Crippen molar-refractivity contribution in [2.45, 2.75) is 32.6 Å². The third-order valence-electron chi connectivity index (χ3n) is 2.26. The minimum atomic E-state index is 1.05. The number of hydrogen-bond donors (Lipinski definition) is 1. The highest BCUT2D eigenvalue weighted by Crippen LogP contribution is 2.41. The van der Waals surface area contributed by atoms with Gasteiger partial charge in [0.05, 0.1) is 0 Å². The van der Waals surface area contributed by atoms with E-state index >= 15 is 0 Å². The Bertz CT molecular complexity index is 80.6. The van der Waals surface area contributed by atoms with Crippen molar-refractivity contribution < 1.29 is 0 Å². The van der Waals surface area contributed by atoms with Gasteiger partial charge in [-0.3, -0.25) is 0 Å². The second-order valence-corrected chi connectivity index (χ2v) is 3.64. The molecule has 1 aliphatic rings. The van der Waals surface area contributed by atoms with E-state index < -0.39 is 0 Å². The molecular weight excluding hydrogens is 128 g/mol. The van der Waals surface area contributed by atoms with Crippen LogP contribution < -0.4 is 0 Å². The van der Waals surface area contributed by atoms with E-state index in [1.807, 2.05) is 0 Å². The Hall–Kier alpha value is 0.350. The van der Waals surface area contributed by atoms with Crippen molar-refractivity contribution in [1.29, 1.82) is 0 Å². The summed E-state index contributed by atoms with van der Waals surface area (Å²) in [6.07, 6.45) is 5.67. The van der Waals surface area contributed by atoms with E-state index in [2.05, 4.69) is 19.6 Å². The summed E-state index contributed by atoms with van der Waals surface area (Å²) in [6.45, 7) is 2.35. The fourth-order valence-electron chi connectivity index (χ4n) is 1.32. The van der Waals surface area contributed by atoms with Crippen molar-refractivity contribution >= 4 is 12.6 Å². The summed E-state index contributed by atoms with van der Waals surface area (Å²) in [7, 11) is 0. The van der Waals surface area contributed by atoms with Gasteiger partial charge in [-0.05, 0) is 30.4 Å². The number of hydrogen-bond acceptors (Lipinski definition) is 1. The molecule has 0 aliphatic heterocycles. The lowest BCUT2D eigenvalue weighted by molar-refractivity contribution is 0.623. The average molecular weight is 144 g/mol. The third-order valence-corrected chi connectivity index (χ3v) is 2.58. The fraction of sp³-hybridized carbons (Fsp3) is 1.00. The zero-order chi connectivity index (χ0) is 6.69. The predicted molar refractivity (Wildman–Crippen MR) is 45.0 cm³/mol. The van der Waals surface area contributed by atoms with Crippen LogP contribution in [0, 0.1) is 11.8 Å². The summed E-state index contributed by atoms with van der Waals surface area (Å²) in [5.74, 6) is 3.20. The largest absolute Gasteiger partial charge is 0.179 e. The van der Waals surface area contributed by atoms with Crippen molar-refractivity contribution in [2.75, 3.05) is 5.75 Å². The summed E-state index contributed by atoms with van der Waals surface area (Å²) < 4.78 is 0. The lowest BCUT2D eigenvalue weighted by atomic mass is 10.2. The first-order valence-corrected chi connectivity index (χ1v) is 4.58. The van der Waals surface area contributed by atoms with Crippen molar-refractivity contribution in [3.8, 4) is 0 Å². The van der Waals surface area contributed by atoms with Crippen LogP contribution in [-0.2, 0) is 0 Å². The Morgan fingerprint density at radius 2 is 2.11 bits per heavy atom. The van der Waals surface area contributed by atoms with Gasteiger partial charge in [-0.15, -0.1) is 0 Å². The van der Waals surface area contributed by atoms with Gasteiger partial charge in [0.2, 0.25) is 0 Å². The molecule has 0 spiro atoms. The second-order valence-electron chi connectivity index (χ2n) is 3.19. The highest BCUT2D eigenvalue weighted by Gasteiger charge is 2.30. The second kappa shape index (κ2) is 3.50. The molecule has 1 aliphatic carbocycles. The van der Waals surface area contributed by atoms with E-state index in [-0.39, 0.29) is 0 Å². The molecule has 0 aromatic carbocycles. The molecule has 0 aromatic rings. The van der Waals surface area contributed by atoms with Crippen LogP contribution in [0.1, 0.15) is 32.6 Å². The van der Waals surface area contributed by atoms with Gasteiger partial charge < -0.3 is 0 Å². The van der Waals surface area contributed by atoms with E-state index in [9.17, 15) is 0 Å². The minimum absolute atomic E-state index is 1.05. The van der Waals surface area contributed by atoms with E-state index in [1.165, 1.54) is 25.7 Å². The first-order valence-electron chi connectivity index (χ1n) is 3.95. The van der Waals surface area contributed by atoms with E-state index in [4.69, 9.17) is 0 Å². The van der Waals surface area contributed by atoms with Gasteiger partial charge in [-0.25, -0.2) is 0 Å². The fourth-order valence-corrected chi connectivity index (χ4v) is 1.54. The summed E-state index contributed by atoms with van der Waals surface area (Å²) in [4.78, 5) is 0. The molecule has 2 unspecified atom stereocenters. The quantitative estimate of drug-likeness (QED) is 0.455. The molecule has 1 saturated carbocycles. The van der Waals surface area contributed by atoms with Crippen molar-refractivity contribution in [1.82, 2.24) is 0 Å². The van der Waals surface area contributed by atoms with Crippen LogP contribution in [0.3, 0.4) is 0 Å². The van der Waals surface area contributed by atoms with Crippen LogP contribution in [0.5, 0.6) is 0 Å². The predicted octanol–water partition coefficient (Wildman–Crippen LogP) is 2.74. The van der Waals surface area contributed by atoms with Gasteiger partial charge in [-0.1, -0.05) is 19.8 Å². The van der Waals surface area contributed by atoms with E-state index in [1.54, 1.807) is 0 Å². The molecule has 54 valence electrons. The zero-order valence-corrected chi connectivity index (χ0v) is 7.03. The van der Waals surface area contributed by atoms with Crippen molar-refractivity contribution in [3.05, 3.63) is 0 Å². The smallest absolute Gasteiger partial charge is 0.00979 e. The maximum atomic E-state index is 4.17. The van der Waals surface area contributed by atoms with E-state index in [0.717, 1.165) is 17.6 Å². The van der Waals surface area contributed by atoms with Crippen molar-refractivity contribution in [2.24, 2.45) is 11.8 Å². The Balaban J connectivity index is 1.83. The highest BCUT2D eigenvalue weighted by molar-refractivity contribution is 7.80. The molecule has 1 heteroatoms. The third kappa shape index (κ3) is 2.61. The SMILES string of the molecule is CC1CC1CCCCS. The summed E-state index contributed by atoms with van der Waals surface area (Å²) in [6, 6.07) is 0. The van der Waals surface area contributed by atoms with E-state index in [0.29, 0.717) is 0 Å². The van der Waals surface area contributed by atoms with Crippen LogP contribution in [-0.4, -0.2) is 5.75 Å². The highest BCUT2D eigenvalue weighted by atomic mass is 32.1. The first-order chi connectivity index (χ1) is 4.34. The number of rotatable bonds is 4. The molecular formula is C8H16S. The monoisotopic (exact) mass is 144 g/mol. The topological polar surface area (TPSA) is 0 Å².